The molecule has 0 aromatic heterocycles. The molecule has 0 radical (unpaired) electrons. The largest absolute Gasteiger partial charge is 0.468 e. The second-order valence-electron chi connectivity index (χ2n) is 8.77. The van der Waals surface area contributed by atoms with Gasteiger partial charge in [-0.2, -0.15) is 0 Å². The lowest BCUT2D eigenvalue weighted by molar-refractivity contribution is -0.151. The number of nitrogens with one attached hydrogen (secondary N) is 1. The Balaban J connectivity index is 1.85. The predicted molar refractivity (Wildman–Crippen MR) is 118 cm³/mol. The van der Waals surface area contributed by atoms with Crippen molar-refractivity contribution in [3.63, 3.8) is 0 Å². The van der Waals surface area contributed by atoms with Gasteiger partial charge in [0.25, 0.3) is 0 Å². The summed E-state index contributed by atoms with van der Waals surface area (Å²) in [5.41, 5.74) is 2.77. The normalized spacial score (nSPS) is 24.8. The van der Waals surface area contributed by atoms with Crippen LogP contribution in [0.2, 0.25) is 0 Å². The molecule has 1 N–H and O–H groups in total. The highest BCUT2D eigenvalue weighted by Crippen LogP contribution is 2.47. The first-order valence-corrected chi connectivity index (χ1v) is 11.2. The van der Waals surface area contributed by atoms with Crippen LogP contribution in [0.4, 0.5) is 0 Å². The molecule has 0 bridgehead atoms. The molecule has 3 aliphatic rings. The van der Waals surface area contributed by atoms with Gasteiger partial charge in [-0.15, -0.1) is 0 Å². The van der Waals surface area contributed by atoms with Gasteiger partial charge in [-0.3, -0.25) is 9.59 Å². The maximum atomic E-state index is 13.7. The first kappa shape index (κ1) is 22.9. The topological polar surface area (TPSA) is 100 Å². The van der Waals surface area contributed by atoms with Gasteiger partial charge in [0.1, 0.15) is 5.92 Å². The molecular weight excluding hydrogens is 426 g/mol. The van der Waals surface area contributed by atoms with E-state index < -0.39 is 23.8 Å². The van der Waals surface area contributed by atoms with Crippen molar-refractivity contribution in [2.24, 2.45) is 11.8 Å². The lowest BCUT2D eigenvalue weighted by Crippen LogP contribution is -2.43. The third-order valence-electron chi connectivity index (χ3n) is 6.58. The van der Waals surface area contributed by atoms with Crippen LogP contribution in [0.15, 0.2) is 40.7 Å². The Bertz CT molecular complexity index is 1070. The average molecular weight is 456 g/mol. The first-order valence-electron chi connectivity index (χ1n) is 11.2. The maximum absolute atomic E-state index is 13.7. The van der Waals surface area contributed by atoms with Crippen LogP contribution in [0.25, 0.3) is 0 Å². The van der Waals surface area contributed by atoms with E-state index in [1.165, 1.54) is 7.11 Å². The van der Waals surface area contributed by atoms with Crippen molar-refractivity contribution in [1.82, 2.24) is 5.32 Å². The van der Waals surface area contributed by atoms with Gasteiger partial charge in [0.2, 0.25) is 6.79 Å². The number of carbonyl (C=O) groups is 3. The summed E-state index contributed by atoms with van der Waals surface area (Å²) in [4.78, 5) is 39.5. The number of hydrogen-bond donors (Lipinski definition) is 1. The molecule has 1 aromatic carbocycles. The van der Waals surface area contributed by atoms with E-state index in [1.54, 1.807) is 19.1 Å². The van der Waals surface area contributed by atoms with Gasteiger partial charge >= 0.3 is 11.9 Å². The van der Waals surface area contributed by atoms with Crippen LogP contribution in [0.1, 0.15) is 52.0 Å². The van der Waals surface area contributed by atoms with Crippen LogP contribution >= 0.6 is 0 Å². The summed E-state index contributed by atoms with van der Waals surface area (Å²) in [5.74, 6) is -2.15. The number of allylic oxidation sites excluding steroid dienone is 3. The molecule has 0 amide bonds. The zero-order chi connectivity index (χ0) is 23.9. The molecule has 0 spiro atoms. The molecule has 176 valence electrons. The van der Waals surface area contributed by atoms with Gasteiger partial charge in [0.05, 0.1) is 18.8 Å². The van der Waals surface area contributed by atoms with Gasteiger partial charge in [-0.25, -0.2) is 4.79 Å². The Morgan fingerprint density at radius 1 is 1.24 bits per heavy atom. The van der Waals surface area contributed by atoms with Crippen LogP contribution in [-0.2, 0) is 23.9 Å². The number of ether oxygens (including phenoxy) is 4. The molecule has 1 aromatic rings. The van der Waals surface area contributed by atoms with Crippen molar-refractivity contribution in [3.8, 4) is 11.5 Å². The number of hydrogen-bond acceptors (Lipinski definition) is 8. The third-order valence-corrected chi connectivity index (χ3v) is 6.58. The van der Waals surface area contributed by atoms with Crippen LogP contribution in [0, 0.1) is 11.8 Å². The van der Waals surface area contributed by atoms with E-state index in [4.69, 9.17) is 18.9 Å². The molecule has 2 aliphatic heterocycles. The number of benzene rings is 1. The van der Waals surface area contributed by atoms with Gasteiger partial charge in [-0.1, -0.05) is 19.9 Å². The second kappa shape index (κ2) is 8.92. The molecule has 1 aliphatic carbocycles. The summed E-state index contributed by atoms with van der Waals surface area (Å²) in [6, 6.07) is 5.36. The number of fused-ring (bicyclic) bond motifs is 1. The number of Topliss-reactive ketones (excluding diaryl/α,β-unsaturated/α-hetero) is 1. The Morgan fingerprint density at radius 3 is 2.67 bits per heavy atom. The lowest BCUT2D eigenvalue weighted by atomic mass is 9.69. The third kappa shape index (κ3) is 3.98. The van der Waals surface area contributed by atoms with Crippen LogP contribution in [-0.4, -0.2) is 37.7 Å². The van der Waals surface area contributed by atoms with Crippen LogP contribution in [0.5, 0.6) is 11.5 Å². The number of methoxy groups -OCH3 is 1. The minimum absolute atomic E-state index is 0.109. The van der Waals surface area contributed by atoms with Crippen molar-refractivity contribution in [2.45, 2.75) is 52.6 Å². The number of carbonyl (C=O) groups excluding carboxylic acids is 3. The highest BCUT2D eigenvalue weighted by Gasteiger charge is 2.47. The minimum atomic E-state index is -0.933. The molecule has 0 fully saturated rings. The van der Waals surface area contributed by atoms with Gasteiger partial charge in [0, 0.05) is 22.9 Å². The highest BCUT2D eigenvalue weighted by molar-refractivity contribution is 6.12. The zero-order valence-corrected chi connectivity index (χ0v) is 19.5. The molecular formula is C25H29NO7. The van der Waals surface area contributed by atoms with E-state index in [0.717, 1.165) is 0 Å². The number of ketones is 1. The molecule has 0 saturated heterocycles. The van der Waals surface area contributed by atoms with Crippen molar-refractivity contribution in [3.05, 3.63) is 46.3 Å². The highest BCUT2D eigenvalue weighted by atomic mass is 16.7. The monoisotopic (exact) mass is 455 g/mol. The Morgan fingerprint density at radius 2 is 1.97 bits per heavy atom. The molecule has 33 heavy (non-hydrogen) atoms. The van der Waals surface area contributed by atoms with Crippen molar-refractivity contribution in [1.29, 1.82) is 0 Å². The summed E-state index contributed by atoms with van der Waals surface area (Å²) >= 11 is 0. The van der Waals surface area contributed by atoms with E-state index in [1.807, 2.05) is 26.8 Å². The van der Waals surface area contributed by atoms with Crippen LogP contribution in [0.3, 0.4) is 0 Å². The SMILES string of the molecule is CC[C@H](C)OC(=O)C1=C(C)NC2=C(C(=O)[C@@H](C(=O)OC)[C@@H](C)C2)[C@@H]1c1ccc2c(c1)OCO2. The van der Waals surface area contributed by atoms with Gasteiger partial charge in [0.15, 0.2) is 17.3 Å². The molecule has 2 heterocycles. The smallest absolute Gasteiger partial charge is 0.337 e. The Kier molecular flexibility index (Phi) is 6.19. The Labute approximate surface area is 192 Å². The molecule has 8 heteroatoms. The van der Waals surface area contributed by atoms with E-state index >= 15 is 0 Å². The maximum Gasteiger partial charge on any atom is 0.337 e. The minimum Gasteiger partial charge on any atom is -0.468 e. The fourth-order valence-corrected chi connectivity index (χ4v) is 4.71. The predicted octanol–water partition coefficient (Wildman–Crippen LogP) is 3.37. The van der Waals surface area contributed by atoms with Crippen molar-refractivity contribution >= 4 is 17.7 Å². The average Bonchev–Trinajstić information content (AvgIpc) is 3.25. The first-order chi connectivity index (χ1) is 15.8. The summed E-state index contributed by atoms with van der Waals surface area (Å²) in [6.45, 7) is 7.52. The van der Waals surface area contributed by atoms with E-state index in [9.17, 15) is 14.4 Å². The summed E-state index contributed by atoms with van der Waals surface area (Å²) in [6.07, 6.45) is 0.859. The number of dihydropyridines is 1. The molecule has 8 nitrogen and oxygen atoms in total. The van der Waals surface area contributed by atoms with E-state index in [0.29, 0.717) is 52.4 Å². The second-order valence-corrected chi connectivity index (χ2v) is 8.77. The fraction of sp³-hybridized carbons (Fsp3) is 0.480. The molecule has 4 rings (SSSR count). The summed E-state index contributed by atoms with van der Waals surface area (Å²) < 4.78 is 21.6. The van der Waals surface area contributed by atoms with E-state index in [2.05, 4.69) is 5.32 Å². The standard InChI is InChI=1S/C25H29NO7/c1-6-13(3)33-25(29)20-14(4)26-16-9-12(2)19(24(28)30-5)23(27)22(16)21(20)15-7-8-17-18(10-15)32-11-31-17/h7-8,10,12-13,19,21,26H,6,9,11H2,1-5H3/t12-,13-,19-,21+/m0/s1. The zero-order valence-electron chi connectivity index (χ0n) is 19.5. The fourth-order valence-electron chi connectivity index (χ4n) is 4.71. The van der Waals surface area contributed by atoms with Crippen molar-refractivity contribution < 1.29 is 33.3 Å². The quantitative estimate of drug-likeness (QED) is 0.533. The van der Waals surface area contributed by atoms with Gasteiger partial charge in [-0.05, 0) is 50.3 Å². The van der Waals surface area contributed by atoms with Crippen molar-refractivity contribution in [2.75, 3.05) is 13.9 Å². The van der Waals surface area contributed by atoms with Gasteiger partial charge < -0.3 is 24.3 Å². The van der Waals surface area contributed by atoms with E-state index in [-0.39, 0.29) is 24.6 Å². The van der Waals surface area contributed by atoms with Crippen LogP contribution < -0.4 is 14.8 Å². The summed E-state index contributed by atoms with van der Waals surface area (Å²) in [5, 5.41) is 3.26. The molecule has 0 saturated carbocycles. The Hall–Kier alpha value is -3.29. The molecule has 0 unspecified atom stereocenters. The summed E-state index contributed by atoms with van der Waals surface area (Å²) in [7, 11) is 1.28. The number of rotatable bonds is 5. The number of esters is 2. The molecule has 4 atom stereocenters. The lowest BCUT2D eigenvalue weighted by Gasteiger charge is -2.38.